The summed E-state index contributed by atoms with van der Waals surface area (Å²) in [5.41, 5.74) is 2.64. The number of fused-ring (bicyclic) bond motifs is 1. The first-order valence-corrected chi connectivity index (χ1v) is 10.4. The van der Waals surface area contributed by atoms with Gasteiger partial charge in [-0.25, -0.2) is 8.42 Å². The minimum atomic E-state index is -3.48. The van der Waals surface area contributed by atoms with Crippen LogP contribution in [0.15, 0.2) is 53.4 Å². The average Bonchev–Trinajstić information content (AvgIpc) is 3.51. The molecular formula is C20H22N2O3S. The molecule has 0 radical (unpaired) electrons. The number of sulfonamides is 1. The monoisotopic (exact) mass is 370 g/mol. The summed E-state index contributed by atoms with van der Waals surface area (Å²) in [4.78, 5) is 15.0. The lowest BCUT2D eigenvalue weighted by molar-refractivity contribution is 0.0985. The van der Waals surface area contributed by atoms with Gasteiger partial charge in [0.1, 0.15) is 0 Å². The summed E-state index contributed by atoms with van der Waals surface area (Å²) in [7, 11) is -1.86. The van der Waals surface area contributed by atoms with Gasteiger partial charge in [0, 0.05) is 30.9 Å². The van der Waals surface area contributed by atoms with E-state index in [1.165, 1.54) is 22.0 Å². The van der Waals surface area contributed by atoms with Gasteiger partial charge in [0.15, 0.2) is 0 Å². The number of anilines is 1. The van der Waals surface area contributed by atoms with Crippen molar-refractivity contribution in [3.8, 4) is 0 Å². The van der Waals surface area contributed by atoms with Crippen molar-refractivity contribution in [1.29, 1.82) is 0 Å². The maximum Gasteiger partial charge on any atom is 0.258 e. The first-order chi connectivity index (χ1) is 12.5. The largest absolute Gasteiger partial charge is 0.308 e. The molecule has 0 N–H and O–H groups in total. The Morgan fingerprint density at radius 1 is 1.08 bits per heavy atom. The summed E-state index contributed by atoms with van der Waals surface area (Å²) in [5, 5.41) is 0. The zero-order valence-electron chi connectivity index (χ0n) is 14.8. The predicted molar refractivity (Wildman–Crippen MR) is 101 cm³/mol. The Bertz CT molecular complexity index is 934. The number of carbonyl (C=O) groups is 1. The fraction of sp³-hybridized carbons (Fsp3) is 0.350. The molecule has 0 spiro atoms. The fourth-order valence-electron chi connectivity index (χ4n) is 3.47. The Hall–Kier alpha value is -2.18. The van der Waals surface area contributed by atoms with Crippen LogP contribution in [-0.4, -0.2) is 38.3 Å². The maximum atomic E-state index is 12.9. The summed E-state index contributed by atoms with van der Waals surface area (Å²) in [6, 6.07) is 14.4. The Morgan fingerprint density at radius 2 is 1.77 bits per heavy atom. The van der Waals surface area contributed by atoms with Gasteiger partial charge < -0.3 is 4.90 Å². The van der Waals surface area contributed by atoms with Crippen molar-refractivity contribution >= 4 is 21.6 Å². The molecule has 1 aliphatic heterocycles. The van der Waals surface area contributed by atoms with E-state index in [2.05, 4.69) is 6.07 Å². The number of carbonyl (C=O) groups excluding carboxylic acids is 1. The standard InChI is InChI=1S/C20H22N2O3S/c1-21(17-10-11-17)26(24,25)18-12-8-16(9-13-18)20(23)22-14-4-6-15-5-2-3-7-19(15)22/h2-3,5,7-9,12-13,17H,4,6,10-11,14H2,1H3. The van der Waals surface area contributed by atoms with Crippen molar-refractivity contribution in [1.82, 2.24) is 4.31 Å². The number of aryl methyl sites for hydroxylation is 1. The zero-order valence-corrected chi connectivity index (χ0v) is 15.6. The Kier molecular flexibility index (Phi) is 4.32. The van der Waals surface area contributed by atoms with E-state index in [1.54, 1.807) is 24.1 Å². The molecule has 1 fully saturated rings. The van der Waals surface area contributed by atoms with Crippen LogP contribution in [0.2, 0.25) is 0 Å². The van der Waals surface area contributed by atoms with Crippen LogP contribution in [0.25, 0.3) is 0 Å². The number of hydrogen-bond donors (Lipinski definition) is 0. The average molecular weight is 370 g/mol. The lowest BCUT2D eigenvalue weighted by Gasteiger charge is -2.29. The molecule has 2 aromatic carbocycles. The van der Waals surface area contributed by atoms with Crippen LogP contribution in [0, 0.1) is 0 Å². The maximum absolute atomic E-state index is 12.9. The van der Waals surface area contributed by atoms with Gasteiger partial charge in [-0.2, -0.15) is 4.31 Å². The molecule has 0 atom stereocenters. The van der Waals surface area contributed by atoms with Crippen molar-refractivity contribution in [2.75, 3.05) is 18.5 Å². The van der Waals surface area contributed by atoms with Gasteiger partial charge in [-0.15, -0.1) is 0 Å². The Balaban J connectivity index is 1.59. The van der Waals surface area contributed by atoms with Gasteiger partial charge in [0.05, 0.1) is 4.90 Å². The molecule has 0 aromatic heterocycles. The highest BCUT2D eigenvalue weighted by Gasteiger charge is 2.35. The summed E-state index contributed by atoms with van der Waals surface area (Å²) in [5.74, 6) is -0.0864. The van der Waals surface area contributed by atoms with Gasteiger partial charge in [0.25, 0.3) is 5.91 Å². The highest BCUT2D eigenvalue weighted by Crippen LogP contribution is 2.31. The predicted octanol–water partition coefficient (Wildman–Crippen LogP) is 3.06. The molecule has 0 saturated heterocycles. The Morgan fingerprint density at radius 3 is 2.46 bits per heavy atom. The van der Waals surface area contributed by atoms with Crippen LogP contribution < -0.4 is 4.90 Å². The van der Waals surface area contributed by atoms with Gasteiger partial charge in [0.2, 0.25) is 10.0 Å². The highest BCUT2D eigenvalue weighted by atomic mass is 32.2. The summed E-state index contributed by atoms with van der Waals surface area (Å²) in [6.07, 6.45) is 3.74. The van der Waals surface area contributed by atoms with E-state index in [1.807, 2.05) is 18.2 Å². The molecule has 1 saturated carbocycles. The minimum Gasteiger partial charge on any atom is -0.308 e. The number of hydrogen-bond acceptors (Lipinski definition) is 3. The van der Waals surface area contributed by atoms with Crippen LogP contribution in [0.3, 0.4) is 0 Å². The normalized spacial score (nSPS) is 17.2. The van der Waals surface area contributed by atoms with E-state index < -0.39 is 10.0 Å². The third-order valence-electron chi connectivity index (χ3n) is 5.19. The molecule has 4 rings (SSSR count). The van der Waals surface area contributed by atoms with Crippen molar-refractivity contribution in [2.45, 2.75) is 36.6 Å². The minimum absolute atomic E-state index is 0.0864. The zero-order chi connectivity index (χ0) is 18.3. The highest BCUT2D eigenvalue weighted by molar-refractivity contribution is 7.89. The molecule has 5 nitrogen and oxygen atoms in total. The number of nitrogens with zero attached hydrogens (tertiary/aromatic N) is 2. The lowest BCUT2D eigenvalue weighted by Crippen LogP contribution is -2.35. The van der Waals surface area contributed by atoms with Crippen LogP contribution in [0.5, 0.6) is 0 Å². The SMILES string of the molecule is CN(C1CC1)S(=O)(=O)c1ccc(C(=O)N2CCCc3ccccc32)cc1. The van der Waals surface area contributed by atoms with E-state index in [0.717, 1.165) is 31.4 Å². The molecule has 6 heteroatoms. The molecule has 0 bridgehead atoms. The van der Waals surface area contributed by atoms with Gasteiger partial charge >= 0.3 is 0 Å². The van der Waals surface area contributed by atoms with Gasteiger partial charge in [-0.3, -0.25) is 4.79 Å². The molecule has 2 aliphatic rings. The van der Waals surface area contributed by atoms with Gasteiger partial charge in [-0.1, -0.05) is 18.2 Å². The molecule has 1 heterocycles. The van der Waals surface area contributed by atoms with Crippen molar-refractivity contribution < 1.29 is 13.2 Å². The van der Waals surface area contributed by atoms with E-state index >= 15 is 0 Å². The molecule has 1 aliphatic carbocycles. The van der Waals surface area contributed by atoms with E-state index in [9.17, 15) is 13.2 Å². The second kappa shape index (κ2) is 6.52. The first kappa shape index (κ1) is 17.2. The number of benzene rings is 2. The second-order valence-corrected chi connectivity index (χ2v) is 8.96. The molecule has 26 heavy (non-hydrogen) atoms. The smallest absolute Gasteiger partial charge is 0.258 e. The topological polar surface area (TPSA) is 57.7 Å². The van der Waals surface area contributed by atoms with E-state index in [4.69, 9.17) is 0 Å². The lowest BCUT2D eigenvalue weighted by atomic mass is 10.0. The summed E-state index contributed by atoms with van der Waals surface area (Å²) in [6.45, 7) is 0.681. The summed E-state index contributed by atoms with van der Waals surface area (Å²) < 4.78 is 26.6. The third kappa shape index (κ3) is 3.04. The van der Waals surface area contributed by atoms with Crippen molar-refractivity contribution in [2.24, 2.45) is 0 Å². The molecule has 2 aromatic rings. The van der Waals surface area contributed by atoms with Crippen molar-refractivity contribution in [3.05, 3.63) is 59.7 Å². The first-order valence-electron chi connectivity index (χ1n) is 8.96. The Labute approximate surface area is 154 Å². The summed E-state index contributed by atoms with van der Waals surface area (Å²) >= 11 is 0. The number of amides is 1. The van der Waals surface area contributed by atoms with Crippen LogP contribution in [0.4, 0.5) is 5.69 Å². The van der Waals surface area contributed by atoms with Crippen molar-refractivity contribution in [3.63, 3.8) is 0 Å². The van der Waals surface area contributed by atoms with E-state index in [0.29, 0.717) is 12.1 Å². The van der Waals surface area contributed by atoms with Gasteiger partial charge in [-0.05, 0) is 61.6 Å². The second-order valence-electron chi connectivity index (χ2n) is 6.97. The van der Waals surface area contributed by atoms with E-state index in [-0.39, 0.29) is 16.8 Å². The fourth-order valence-corrected chi connectivity index (χ4v) is 4.89. The van der Waals surface area contributed by atoms with Crippen LogP contribution in [-0.2, 0) is 16.4 Å². The molecular weight excluding hydrogens is 348 g/mol. The molecule has 1 amide bonds. The molecule has 136 valence electrons. The molecule has 0 unspecified atom stereocenters. The third-order valence-corrected chi connectivity index (χ3v) is 7.12. The van der Waals surface area contributed by atoms with Crippen LogP contribution in [0.1, 0.15) is 35.2 Å². The number of para-hydroxylation sites is 1. The number of rotatable bonds is 4. The van der Waals surface area contributed by atoms with Crippen LogP contribution >= 0.6 is 0 Å². The quantitative estimate of drug-likeness (QED) is 0.831.